The third-order valence-electron chi connectivity index (χ3n) is 4.34. The predicted molar refractivity (Wildman–Crippen MR) is 98.7 cm³/mol. The molecule has 1 amide bonds. The molecular formula is C18H26FN3O3S. The molecule has 26 heavy (non-hydrogen) atoms. The molecule has 1 aliphatic heterocycles. The lowest BCUT2D eigenvalue weighted by Crippen LogP contribution is -2.51. The van der Waals surface area contributed by atoms with Crippen LogP contribution in [0.3, 0.4) is 0 Å². The summed E-state index contributed by atoms with van der Waals surface area (Å²) in [5.41, 5.74) is 0.918. The first-order valence-corrected chi connectivity index (χ1v) is 10.1. The van der Waals surface area contributed by atoms with Gasteiger partial charge >= 0.3 is 0 Å². The van der Waals surface area contributed by atoms with Crippen molar-refractivity contribution in [2.75, 3.05) is 45.8 Å². The number of benzene rings is 1. The standard InChI is InChI=1S/C18H26FN3O3S/c1-4-21(13-15(2)3)18(23)14-20-9-11-22(12-10-20)26(24,25)17-8-6-5-7-16(17)19/h5-8H,2,4,9-14H2,1,3H3. The van der Waals surface area contributed by atoms with E-state index in [0.717, 1.165) is 11.6 Å². The molecule has 0 N–H and O–H groups in total. The fraction of sp³-hybridized carbons (Fsp3) is 0.500. The third-order valence-corrected chi connectivity index (χ3v) is 6.27. The number of nitrogens with zero attached hydrogens (tertiary/aromatic N) is 3. The van der Waals surface area contributed by atoms with Crippen molar-refractivity contribution in [3.8, 4) is 0 Å². The van der Waals surface area contributed by atoms with E-state index < -0.39 is 15.8 Å². The van der Waals surface area contributed by atoms with Gasteiger partial charge in [-0.05, 0) is 26.0 Å². The van der Waals surface area contributed by atoms with Gasteiger partial charge in [-0.25, -0.2) is 12.8 Å². The molecule has 1 saturated heterocycles. The molecule has 0 atom stereocenters. The number of carbonyl (C=O) groups is 1. The molecule has 6 nitrogen and oxygen atoms in total. The second kappa shape index (κ2) is 8.75. The van der Waals surface area contributed by atoms with E-state index in [1.807, 2.05) is 18.7 Å². The first kappa shape index (κ1) is 20.5. The van der Waals surface area contributed by atoms with Gasteiger partial charge in [0.25, 0.3) is 0 Å². The maximum absolute atomic E-state index is 13.8. The molecule has 144 valence electrons. The van der Waals surface area contributed by atoms with Crippen molar-refractivity contribution in [2.24, 2.45) is 0 Å². The molecule has 0 spiro atoms. The normalized spacial score (nSPS) is 16.4. The predicted octanol–water partition coefficient (Wildman–Crippen LogP) is 1.56. The molecule has 0 aromatic heterocycles. The Morgan fingerprint density at radius 2 is 1.85 bits per heavy atom. The Balaban J connectivity index is 1.96. The number of halogens is 1. The molecule has 1 aliphatic rings. The third kappa shape index (κ3) is 4.90. The highest BCUT2D eigenvalue weighted by Crippen LogP contribution is 2.20. The Bertz CT molecular complexity index is 759. The van der Waals surface area contributed by atoms with Crippen molar-refractivity contribution in [1.29, 1.82) is 0 Å². The molecule has 1 aromatic carbocycles. The van der Waals surface area contributed by atoms with E-state index in [9.17, 15) is 17.6 Å². The quantitative estimate of drug-likeness (QED) is 0.671. The Hall–Kier alpha value is -1.77. The first-order chi connectivity index (χ1) is 12.3. The molecule has 8 heteroatoms. The van der Waals surface area contributed by atoms with E-state index >= 15 is 0 Å². The van der Waals surface area contributed by atoms with Crippen LogP contribution in [0.5, 0.6) is 0 Å². The molecule has 0 bridgehead atoms. The summed E-state index contributed by atoms with van der Waals surface area (Å²) in [6.07, 6.45) is 0. The highest BCUT2D eigenvalue weighted by atomic mass is 32.2. The van der Waals surface area contributed by atoms with Crippen molar-refractivity contribution >= 4 is 15.9 Å². The molecule has 1 heterocycles. The van der Waals surface area contributed by atoms with Crippen LogP contribution in [0.25, 0.3) is 0 Å². The molecule has 1 fully saturated rings. The molecule has 2 rings (SSSR count). The largest absolute Gasteiger partial charge is 0.338 e. The summed E-state index contributed by atoms with van der Waals surface area (Å²) >= 11 is 0. The summed E-state index contributed by atoms with van der Waals surface area (Å²) in [4.78, 5) is 15.7. The minimum absolute atomic E-state index is 0.000843. The number of hydrogen-bond acceptors (Lipinski definition) is 4. The lowest BCUT2D eigenvalue weighted by Gasteiger charge is -2.34. The Labute approximate surface area is 154 Å². The van der Waals surface area contributed by atoms with Crippen LogP contribution in [-0.2, 0) is 14.8 Å². The van der Waals surface area contributed by atoms with Gasteiger partial charge in [0.15, 0.2) is 0 Å². The summed E-state index contributed by atoms with van der Waals surface area (Å²) < 4.78 is 40.3. The van der Waals surface area contributed by atoms with Gasteiger partial charge in [0, 0.05) is 39.3 Å². The summed E-state index contributed by atoms with van der Waals surface area (Å²) in [6, 6.07) is 5.38. The number of rotatable bonds is 7. The summed E-state index contributed by atoms with van der Waals surface area (Å²) in [5, 5.41) is 0. The highest BCUT2D eigenvalue weighted by Gasteiger charge is 2.31. The maximum atomic E-state index is 13.8. The summed E-state index contributed by atoms with van der Waals surface area (Å²) in [7, 11) is -3.86. The molecule has 0 radical (unpaired) electrons. The zero-order valence-corrected chi connectivity index (χ0v) is 16.1. The number of carbonyl (C=O) groups excluding carboxylic acids is 1. The second-order valence-corrected chi connectivity index (χ2v) is 8.38. The first-order valence-electron chi connectivity index (χ1n) is 8.65. The Kier molecular flexibility index (Phi) is 6.91. The van der Waals surface area contributed by atoms with Gasteiger partial charge in [-0.2, -0.15) is 4.31 Å². The van der Waals surface area contributed by atoms with Crippen molar-refractivity contribution in [3.63, 3.8) is 0 Å². The van der Waals surface area contributed by atoms with Crippen LogP contribution in [0.15, 0.2) is 41.3 Å². The molecule has 1 aromatic rings. The maximum Gasteiger partial charge on any atom is 0.246 e. The SMILES string of the molecule is C=C(C)CN(CC)C(=O)CN1CCN(S(=O)(=O)c2ccccc2F)CC1. The zero-order valence-electron chi connectivity index (χ0n) is 15.3. The number of piperazine rings is 1. The minimum Gasteiger partial charge on any atom is -0.338 e. The fourth-order valence-electron chi connectivity index (χ4n) is 2.91. The monoisotopic (exact) mass is 383 g/mol. The zero-order chi connectivity index (χ0) is 19.3. The lowest BCUT2D eigenvalue weighted by atomic mass is 10.3. The van der Waals surface area contributed by atoms with Gasteiger partial charge in [-0.1, -0.05) is 24.3 Å². The summed E-state index contributed by atoms with van der Waals surface area (Å²) in [6.45, 7) is 10.3. The van der Waals surface area contributed by atoms with Crippen LogP contribution in [0.4, 0.5) is 4.39 Å². The number of amides is 1. The lowest BCUT2D eigenvalue weighted by molar-refractivity contribution is -0.132. The van der Waals surface area contributed by atoms with Gasteiger partial charge in [0.1, 0.15) is 10.7 Å². The van der Waals surface area contributed by atoms with E-state index in [-0.39, 0.29) is 30.4 Å². The van der Waals surface area contributed by atoms with E-state index in [0.29, 0.717) is 26.2 Å². The van der Waals surface area contributed by atoms with Gasteiger partial charge in [0.05, 0.1) is 6.54 Å². The van der Waals surface area contributed by atoms with E-state index in [1.54, 1.807) is 4.90 Å². The summed E-state index contributed by atoms with van der Waals surface area (Å²) in [5.74, 6) is -0.746. The molecule has 0 saturated carbocycles. The smallest absolute Gasteiger partial charge is 0.246 e. The van der Waals surface area contributed by atoms with Crippen molar-refractivity contribution in [1.82, 2.24) is 14.1 Å². The number of hydrogen-bond donors (Lipinski definition) is 0. The molecular weight excluding hydrogens is 357 g/mol. The highest BCUT2D eigenvalue weighted by molar-refractivity contribution is 7.89. The average molecular weight is 383 g/mol. The molecule has 0 aliphatic carbocycles. The van der Waals surface area contributed by atoms with Crippen LogP contribution >= 0.6 is 0 Å². The molecule has 0 unspecified atom stereocenters. The van der Waals surface area contributed by atoms with Gasteiger partial charge < -0.3 is 4.90 Å². The fourth-order valence-corrected chi connectivity index (χ4v) is 4.40. The van der Waals surface area contributed by atoms with Crippen LogP contribution in [0, 0.1) is 5.82 Å². The topological polar surface area (TPSA) is 60.9 Å². The second-order valence-electron chi connectivity index (χ2n) is 6.48. The van der Waals surface area contributed by atoms with Crippen molar-refractivity contribution in [2.45, 2.75) is 18.7 Å². The van der Waals surface area contributed by atoms with Gasteiger partial charge in [-0.3, -0.25) is 9.69 Å². The van der Waals surface area contributed by atoms with Gasteiger partial charge in [0.2, 0.25) is 15.9 Å². The van der Waals surface area contributed by atoms with Crippen molar-refractivity contribution < 1.29 is 17.6 Å². The van der Waals surface area contributed by atoms with Gasteiger partial charge in [-0.15, -0.1) is 0 Å². The Morgan fingerprint density at radius 3 is 2.38 bits per heavy atom. The van der Waals surface area contributed by atoms with E-state index in [4.69, 9.17) is 0 Å². The van der Waals surface area contributed by atoms with E-state index in [2.05, 4.69) is 6.58 Å². The van der Waals surface area contributed by atoms with Crippen LogP contribution < -0.4 is 0 Å². The minimum atomic E-state index is -3.86. The van der Waals surface area contributed by atoms with Crippen LogP contribution in [0.2, 0.25) is 0 Å². The van der Waals surface area contributed by atoms with E-state index in [1.165, 1.54) is 22.5 Å². The number of likely N-dealkylation sites (N-methyl/N-ethyl adjacent to an activating group) is 1. The number of sulfonamides is 1. The van der Waals surface area contributed by atoms with Crippen LogP contribution in [0.1, 0.15) is 13.8 Å². The van der Waals surface area contributed by atoms with Crippen LogP contribution in [-0.4, -0.2) is 74.2 Å². The average Bonchev–Trinajstić information content (AvgIpc) is 2.60. The van der Waals surface area contributed by atoms with Crippen molar-refractivity contribution in [3.05, 3.63) is 42.2 Å². The Morgan fingerprint density at radius 1 is 1.23 bits per heavy atom.